The molecule has 1 aromatic heterocycles. The largest absolute Gasteiger partial charge is 0.351 e. The molecule has 1 N–H and O–H groups in total. The molecule has 0 unspecified atom stereocenters. The zero-order chi connectivity index (χ0) is 19.9. The van der Waals surface area contributed by atoms with Crippen LogP contribution in [0.2, 0.25) is 0 Å². The minimum Gasteiger partial charge on any atom is -0.351 e. The molecule has 6 nitrogen and oxygen atoms in total. The number of thiazole rings is 1. The van der Waals surface area contributed by atoms with Gasteiger partial charge in [0.2, 0.25) is 5.91 Å². The average Bonchev–Trinajstić information content (AvgIpc) is 3.10. The molecule has 2 heterocycles. The first-order valence-electron chi connectivity index (χ1n) is 9.33. The zero-order valence-corrected chi connectivity index (χ0v) is 16.6. The third-order valence-electron chi connectivity index (χ3n) is 4.38. The van der Waals surface area contributed by atoms with E-state index in [1.54, 1.807) is 23.5 Å². The summed E-state index contributed by atoms with van der Waals surface area (Å²) < 4.78 is 13.0. The highest BCUT2D eigenvalue weighted by Crippen LogP contribution is 2.15. The number of rotatable bonds is 8. The third kappa shape index (κ3) is 5.69. The van der Waals surface area contributed by atoms with Gasteiger partial charge in [-0.2, -0.15) is 5.10 Å². The van der Waals surface area contributed by atoms with Gasteiger partial charge in [-0.1, -0.05) is 12.1 Å². The fourth-order valence-electron chi connectivity index (χ4n) is 2.87. The van der Waals surface area contributed by atoms with E-state index in [0.29, 0.717) is 18.7 Å². The predicted molar refractivity (Wildman–Crippen MR) is 106 cm³/mol. The van der Waals surface area contributed by atoms with Gasteiger partial charge in [0.25, 0.3) is 5.91 Å². The maximum atomic E-state index is 13.0. The molecular weight excluding hydrogens is 379 g/mol. The normalized spacial score (nSPS) is 14.1. The summed E-state index contributed by atoms with van der Waals surface area (Å²) in [5.74, 6) is -0.705. The molecule has 1 aromatic carbocycles. The maximum absolute atomic E-state index is 13.0. The van der Waals surface area contributed by atoms with E-state index in [-0.39, 0.29) is 30.6 Å². The van der Waals surface area contributed by atoms with Crippen LogP contribution in [-0.2, 0) is 22.6 Å². The molecule has 2 aromatic rings. The Morgan fingerprint density at radius 2 is 2.04 bits per heavy atom. The summed E-state index contributed by atoms with van der Waals surface area (Å²) in [4.78, 5) is 28.8. The van der Waals surface area contributed by atoms with Gasteiger partial charge in [0, 0.05) is 30.5 Å². The molecule has 1 aliphatic heterocycles. The van der Waals surface area contributed by atoms with Gasteiger partial charge < -0.3 is 5.32 Å². The first kappa shape index (κ1) is 20.1. The van der Waals surface area contributed by atoms with Crippen molar-refractivity contribution in [2.75, 3.05) is 6.54 Å². The molecule has 0 atom stereocenters. The highest BCUT2D eigenvalue weighted by Gasteiger charge is 2.24. The Kier molecular flexibility index (Phi) is 6.86. The van der Waals surface area contributed by atoms with E-state index in [9.17, 15) is 14.0 Å². The number of nitrogens with zero attached hydrogens (tertiary/aromatic N) is 3. The van der Waals surface area contributed by atoms with Gasteiger partial charge in [0.1, 0.15) is 11.5 Å². The van der Waals surface area contributed by atoms with Crippen LogP contribution in [0.1, 0.15) is 41.9 Å². The van der Waals surface area contributed by atoms with Crippen LogP contribution >= 0.6 is 11.3 Å². The molecule has 0 saturated heterocycles. The molecule has 0 saturated carbocycles. The van der Waals surface area contributed by atoms with E-state index in [1.165, 1.54) is 17.1 Å². The summed E-state index contributed by atoms with van der Waals surface area (Å²) >= 11 is 1.66. The molecule has 3 rings (SSSR count). The van der Waals surface area contributed by atoms with Crippen molar-refractivity contribution in [2.45, 2.75) is 45.6 Å². The SMILES string of the molecule is Cc1csc(CCCCNC(=O)C2=NN(Cc3ccc(F)cc3)C(=O)CC2)n1. The second kappa shape index (κ2) is 9.54. The summed E-state index contributed by atoms with van der Waals surface area (Å²) in [7, 11) is 0. The lowest BCUT2D eigenvalue weighted by atomic mass is 10.1. The first-order chi connectivity index (χ1) is 13.5. The van der Waals surface area contributed by atoms with Crippen LogP contribution in [-0.4, -0.2) is 34.1 Å². The van der Waals surface area contributed by atoms with Crippen molar-refractivity contribution in [3.8, 4) is 0 Å². The molecule has 28 heavy (non-hydrogen) atoms. The molecule has 0 fully saturated rings. The van der Waals surface area contributed by atoms with E-state index in [4.69, 9.17) is 0 Å². The van der Waals surface area contributed by atoms with Gasteiger partial charge in [-0.25, -0.2) is 14.4 Å². The lowest BCUT2D eigenvalue weighted by molar-refractivity contribution is -0.132. The zero-order valence-electron chi connectivity index (χ0n) is 15.8. The van der Waals surface area contributed by atoms with Crippen molar-refractivity contribution in [1.82, 2.24) is 15.3 Å². The van der Waals surface area contributed by atoms with Gasteiger partial charge in [-0.3, -0.25) is 9.59 Å². The number of halogens is 1. The minimum absolute atomic E-state index is 0.139. The molecule has 2 amide bonds. The number of benzene rings is 1. The molecule has 0 aliphatic carbocycles. The van der Waals surface area contributed by atoms with E-state index in [1.807, 2.05) is 12.3 Å². The summed E-state index contributed by atoms with van der Waals surface area (Å²) in [5, 5.41) is 11.5. The number of unbranched alkanes of at least 4 members (excludes halogenated alkanes) is 1. The van der Waals surface area contributed by atoms with Crippen LogP contribution in [0.25, 0.3) is 0 Å². The molecular formula is C20H23FN4O2S. The van der Waals surface area contributed by atoms with Crippen LogP contribution in [0, 0.1) is 12.7 Å². The second-order valence-electron chi connectivity index (χ2n) is 6.72. The van der Waals surface area contributed by atoms with Crippen molar-refractivity contribution in [2.24, 2.45) is 5.10 Å². The summed E-state index contributed by atoms with van der Waals surface area (Å²) in [5.41, 5.74) is 2.16. The monoisotopic (exact) mass is 402 g/mol. The Hall–Kier alpha value is -2.61. The summed E-state index contributed by atoms with van der Waals surface area (Å²) in [6.07, 6.45) is 3.31. The van der Waals surface area contributed by atoms with Crippen molar-refractivity contribution in [3.05, 3.63) is 51.7 Å². The number of aromatic nitrogens is 1. The third-order valence-corrected chi connectivity index (χ3v) is 5.41. The molecule has 148 valence electrons. The molecule has 1 aliphatic rings. The Bertz CT molecular complexity index is 863. The van der Waals surface area contributed by atoms with Gasteiger partial charge in [-0.05, 0) is 43.9 Å². The number of carbonyl (C=O) groups excluding carboxylic acids is 2. The van der Waals surface area contributed by atoms with Gasteiger partial charge in [0.05, 0.1) is 11.6 Å². The Balaban J connectivity index is 1.46. The average molecular weight is 402 g/mol. The number of nitrogens with one attached hydrogen (secondary N) is 1. The summed E-state index contributed by atoms with van der Waals surface area (Å²) in [6, 6.07) is 5.90. The van der Waals surface area contributed by atoms with Gasteiger partial charge in [0.15, 0.2) is 0 Å². The molecule has 8 heteroatoms. The van der Waals surface area contributed by atoms with E-state index in [0.717, 1.165) is 35.5 Å². The van der Waals surface area contributed by atoms with Crippen LogP contribution in [0.3, 0.4) is 0 Å². The highest BCUT2D eigenvalue weighted by atomic mass is 32.1. The Morgan fingerprint density at radius 3 is 2.75 bits per heavy atom. The van der Waals surface area contributed by atoms with E-state index < -0.39 is 0 Å². The quantitative estimate of drug-likeness (QED) is 0.689. The lowest BCUT2D eigenvalue weighted by Crippen LogP contribution is -2.39. The minimum atomic E-state index is -0.331. The molecule has 0 bridgehead atoms. The van der Waals surface area contributed by atoms with Crippen molar-refractivity contribution >= 4 is 28.9 Å². The fraction of sp³-hybridized carbons (Fsp3) is 0.400. The number of carbonyl (C=O) groups is 2. The predicted octanol–water partition coefficient (Wildman–Crippen LogP) is 3.21. The van der Waals surface area contributed by atoms with Crippen LogP contribution in [0.4, 0.5) is 4.39 Å². The van der Waals surface area contributed by atoms with Gasteiger partial charge >= 0.3 is 0 Å². The number of hydrogen-bond donors (Lipinski definition) is 1. The van der Waals surface area contributed by atoms with Crippen molar-refractivity contribution < 1.29 is 14.0 Å². The van der Waals surface area contributed by atoms with Crippen molar-refractivity contribution in [1.29, 1.82) is 0 Å². The van der Waals surface area contributed by atoms with Crippen molar-refractivity contribution in [3.63, 3.8) is 0 Å². The number of hydrogen-bond acceptors (Lipinski definition) is 5. The number of amides is 2. The number of hydrazone groups is 1. The summed E-state index contributed by atoms with van der Waals surface area (Å²) in [6.45, 7) is 2.77. The molecule has 0 radical (unpaired) electrons. The second-order valence-corrected chi connectivity index (χ2v) is 7.66. The Morgan fingerprint density at radius 1 is 1.25 bits per heavy atom. The van der Waals surface area contributed by atoms with E-state index >= 15 is 0 Å². The van der Waals surface area contributed by atoms with Crippen LogP contribution in [0.15, 0.2) is 34.7 Å². The van der Waals surface area contributed by atoms with Crippen LogP contribution < -0.4 is 5.32 Å². The lowest BCUT2D eigenvalue weighted by Gasteiger charge is -2.23. The smallest absolute Gasteiger partial charge is 0.267 e. The van der Waals surface area contributed by atoms with Crippen LogP contribution in [0.5, 0.6) is 0 Å². The topological polar surface area (TPSA) is 74.7 Å². The Labute approximate surface area is 167 Å². The molecule has 0 spiro atoms. The maximum Gasteiger partial charge on any atom is 0.267 e. The fourth-order valence-corrected chi connectivity index (χ4v) is 3.69. The number of aryl methyl sites for hydroxylation is 2. The first-order valence-corrected chi connectivity index (χ1v) is 10.2. The van der Waals surface area contributed by atoms with E-state index in [2.05, 4.69) is 15.4 Å². The van der Waals surface area contributed by atoms with Gasteiger partial charge in [-0.15, -0.1) is 11.3 Å². The standard InChI is InChI=1S/C20H23FN4O2S/c1-14-13-28-18(23-14)4-2-3-11-22-20(27)17-9-10-19(26)25(24-17)12-15-5-7-16(21)8-6-15/h5-8,13H,2-4,9-12H2,1H3,(H,22,27). The highest BCUT2D eigenvalue weighted by molar-refractivity contribution is 7.09.